The number of thiazole rings is 1. The molecule has 1 N–H and O–H groups in total. The minimum Gasteiger partial charge on any atom is -0.506 e. The average Bonchev–Trinajstić information content (AvgIpc) is 2.48. The van der Waals surface area contributed by atoms with Crippen LogP contribution in [0.4, 0.5) is 0 Å². The van der Waals surface area contributed by atoms with Crippen LogP contribution in [-0.2, 0) is 7.05 Å². The van der Waals surface area contributed by atoms with E-state index < -0.39 is 0 Å². The van der Waals surface area contributed by atoms with Crippen LogP contribution >= 0.6 is 11.3 Å². The van der Waals surface area contributed by atoms with Crippen molar-refractivity contribution in [3.8, 4) is 5.75 Å². The highest BCUT2D eigenvalue weighted by Crippen LogP contribution is 2.24. The summed E-state index contributed by atoms with van der Waals surface area (Å²) in [7, 11) is 1.63. The van der Waals surface area contributed by atoms with Crippen molar-refractivity contribution in [3.63, 3.8) is 0 Å². The highest BCUT2D eigenvalue weighted by Gasteiger charge is 2.06. The summed E-state index contributed by atoms with van der Waals surface area (Å²) in [6, 6.07) is 1.19. The molecule has 0 aliphatic carbocycles. The van der Waals surface area contributed by atoms with Crippen LogP contribution in [0, 0.1) is 0 Å². The fourth-order valence-corrected chi connectivity index (χ4v) is 1.77. The summed E-state index contributed by atoms with van der Waals surface area (Å²) in [5.74, 6) is 0.00981. The van der Waals surface area contributed by atoms with Gasteiger partial charge in [-0.1, -0.05) is 0 Å². The first-order chi connectivity index (χ1) is 5.70. The van der Waals surface area contributed by atoms with Crippen LogP contribution < -0.4 is 5.56 Å². The van der Waals surface area contributed by atoms with E-state index in [9.17, 15) is 9.90 Å². The first kappa shape index (κ1) is 7.30. The van der Waals surface area contributed by atoms with Crippen molar-refractivity contribution in [2.75, 3.05) is 0 Å². The van der Waals surface area contributed by atoms with E-state index in [2.05, 4.69) is 4.98 Å². The van der Waals surface area contributed by atoms with Gasteiger partial charge in [-0.3, -0.25) is 9.36 Å². The molecule has 0 saturated carbocycles. The molecule has 2 heterocycles. The van der Waals surface area contributed by atoms with Crippen LogP contribution in [0.1, 0.15) is 0 Å². The van der Waals surface area contributed by atoms with E-state index in [0.29, 0.717) is 10.3 Å². The zero-order valence-electron chi connectivity index (χ0n) is 6.31. The number of aromatic nitrogens is 2. The molecule has 0 atom stereocenters. The highest BCUT2D eigenvalue weighted by molar-refractivity contribution is 7.17. The van der Waals surface area contributed by atoms with Gasteiger partial charge >= 0.3 is 0 Å². The Hall–Kier alpha value is -1.36. The molecule has 5 heteroatoms. The van der Waals surface area contributed by atoms with Gasteiger partial charge < -0.3 is 5.11 Å². The average molecular weight is 182 g/mol. The van der Waals surface area contributed by atoms with E-state index in [4.69, 9.17) is 0 Å². The van der Waals surface area contributed by atoms with E-state index in [1.807, 2.05) is 0 Å². The number of aryl methyl sites for hydroxylation is 1. The molecule has 0 spiro atoms. The predicted octanol–water partition coefficient (Wildman–Crippen LogP) is 0.701. The van der Waals surface area contributed by atoms with Crippen molar-refractivity contribution in [1.29, 1.82) is 0 Å². The van der Waals surface area contributed by atoms with Crippen LogP contribution in [-0.4, -0.2) is 14.7 Å². The molecule has 0 saturated heterocycles. The lowest BCUT2D eigenvalue weighted by Crippen LogP contribution is -2.15. The normalized spacial score (nSPS) is 10.8. The molecule has 0 unspecified atom stereocenters. The molecule has 2 aromatic rings. The Morgan fingerprint density at radius 2 is 2.42 bits per heavy atom. The zero-order valence-corrected chi connectivity index (χ0v) is 7.13. The number of aromatic hydroxyl groups is 1. The summed E-state index contributed by atoms with van der Waals surface area (Å²) in [6.45, 7) is 0. The van der Waals surface area contributed by atoms with Gasteiger partial charge in [-0.15, -0.1) is 11.3 Å². The van der Waals surface area contributed by atoms with Crippen LogP contribution in [0.2, 0.25) is 0 Å². The Bertz CT molecular complexity index is 486. The lowest BCUT2D eigenvalue weighted by Gasteiger charge is -1.98. The highest BCUT2D eigenvalue weighted by atomic mass is 32.1. The van der Waals surface area contributed by atoms with Gasteiger partial charge in [-0.25, -0.2) is 4.98 Å². The van der Waals surface area contributed by atoms with Gasteiger partial charge in [0.1, 0.15) is 10.4 Å². The number of pyridine rings is 1. The van der Waals surface area contributed by atoms with Crippen LogP contribution in [0.25, 0.3) is 10.3 Å². The third kappa shape index (κ3) is 0.831. The standard InChI is InChI=1S/C7H6N2O2S/c1-9-5(11)2-4(10)6-7(9)8-3-12-6/h2-3,10H,1H3. The maximum Gasteiger partial charge on any atom is 0.255 e. The second-order valence-corrected chi connectivity index (χ2v) is 3.29. The lowest BCUT2D eigenvalue weighted by atomic mass is 10.4. The molecule has 0 fully saturated rings. The van der Waals surface area contributed by atoms with Gasteiger partial charge in [0.15, 0.2) is 5.65 Å². The van der Waals surface area contributed by atoms with Gasteiger partial charge in [0.2, 0.25) is 0 Å². The summed E-state index contributed by atoms with van der Waals surface area (Å²) in [5.41, 5.74) is 1.89. The molecule has 0 aliphatic rings. The molecule has 0 radical (unpaired) electrons. The zero-order chi connectivity index (χ0) is 8.72. The van der Waals surface area contributed by atoms with Crippen LogP contribution in [0.3, 0.4) is 0 Å². The second kappa shape index (κ2) is 2.31. The largest absolute Gasteiger partial charge is 0.506 e. The molecular weight excluding hydrogens is 176 g/mol. The molecular formula is C7H6N2O2S. The van der Waals surface area contributed by atoms with Crippen LogP contribution in [0.5, 0.6) is 5.75 Å². The van der Waals surface area contributed by atoms with Crippen molar-refractivity contribution in [2.24, 2.45) is 7.05 Å². The summed E-state index contributed by atoms with van der Waals surface area (Å²) in [5, 5.41) is 9.32. The fraction of sp³-hybridized carbons (Fsp3) is 0.143. The smallest absolute Gasteiger partial charge is 0.255 e. The second-order valence-electron chi connectivity index (χ2n) is 2.43. The number of rotatable bonds is 0. The summed E-state index contributed by atoms with van der Waals surface area (Å²) in [4.78, 5) is 15.1. The number of nitrogens with zero attached hydrogens (tertiary/aromatic N) is 2. The summed E-state index contributed by atoms with van der Waals surface area (Å²) in [6.07, 6.45) is 0. The van der Waals surface area contributed by atoms with E-state index in [-0.39, 0.29) is 11.3 Å². The molecule has 2 rings (SSSR count). The van der Waals surface area contributed by atoms with Gasteiger partial charge in [0, 0.05) is 13.1 Å². The first-order valence-corrected chi connectivity index (χ1v) is 4.20. The van der Waals surface area contributed by atoms with Gasteiger partial charge in [0.25, 0.3) is 5.56 Å². The lowest BCUT2D eigenvalue weighted by molar-refractivity contribution is 0.480. The van der Waals surface area contributed by atoms with E-state index >= 15 is 0 Å². The van der Waals surface area contributed by atoms with Crippen molar-refractivity contribution >= 4 is 21.7 Å². The monoisotopic (exact) mass is 182 g/mol. The topological polar surface area (TPSA) is 55.1 Å². The van der Waals surface area contributed by atoms with Crippen LogP contribution in [0.15, 0.2) is 16.4 Å². The first-order valence-electron chi connectivity index (χ1n) is 3.32. The van der Waals surface area contributed by atoms with Crippen molar-refractivity contribution in [1.82, 2.24) is 9.55 Å². The van der Waals surface area contributed by atoms with Gasteiger partial charge in [-0.2, -0.15) is 0 Å². The Morgan fingerprint density at radius 3 is 3.17 bits per heavy atom. The summed E-state index contributed by atoms with van der Waals surface area (Å²) < 4.78 is 2.06. The van der Waals surface area contributed by atoms with Crippen molar-refractivity contribution < 1.29 is 5.11 Å². The minimum absolute atomic E-state index is 0.00981. The number of fused-ring (bicyclic) bond motifs is 1. The predicted molar refractivity (Wildman–Crippen MR) is 46.5 cm³/mol. The molecule has 0 amide bonds. The Balaban J connectivity index is 3.07. The van der Waals surface area contributed by atoms with Gasteiger partial charge in [-0.05, 0) is 0 Å². The maximum atomic E-state index is 11.1. The number of hydrogen-bond acceptors (Lipinski definition) is 4. The molecule has 12 heavy (non-hydrogen) atoms. The Kier molecular flexibility index (Phi) is 1.41. The number of hydrogen-bond donors (Lipinski definition) is 1. The van der Waals surface area contributed by atoms with E-state index in [1.54, 1.807) is 12.6 Å². The van der Waals surface area contributed by atoms with Crippen molar-refractivity contribution in [3.05, 3.63) is 21.9 Å². The molecule has 2 aromatic heterocycles. The SMILES string of the molecule is Cn1c(=O)cc(O)c2scnc21. The van der Waals surface area contributed by atoms with Crippen molar-refractivity contribution in [2.45, 2.75) is 0 Å². The quantitative estimate of drug-likeness (QED) is 0.652. The Labute approximate surface area is 71.7 Å². The van der Waals surface area contributed by atoms with E-state index in [1.165, 1.54) is 22.0 Å². The molecule has 4 nitrogen and oxygen atoms in total. The fourth-order valence-electron chi connectivity index (χ4n) is 1.04. The third-order valence-electron chi connectivity index (χ3n) is 1.69. The molecule has 0 bridgehead atoms. The van der Waals surface area contributed by atoms with Gasteiger partial charge in [0.05, 0.1) is 5.51 Å². The molecule has 0 aromatic carbocycles. The maximum absolute atomic E-state index is 11.1. The summed E-state index contributed by atoms with van der Waals surface area (Å²) >= 11 is 1.32. The Morgan fingerprint density at radius 1 is 1.67 bits per heavy atom. The third-order valence-corrected chi connectivity index (χ3v) is 2.53. The van der Waals surface area contributed by atoms with E-state index in [0.717, 1.165) is 0 Å². The minimum atomic E-state index is -0.245. The molecule has 62 valence electrons. The molecule has 0 aliphatic heterocycles.